The van der Waals surface area contributed by atoms with Crippen LogP contribution in [-0.2, 0) is 9.84 Å². The average molecular weight is 322 g/mol. The fraction of sp³-hybridized carbons (Fsp3) is 0.538. The lowest BCUT2D eigenvalue weighted by Gasteiger charge is -2.26. The quantitative estimate of drug-likeness (QED) is 0.926. The summed E-state index contributed by atoms with van der Waals surface area (Å²) in [6.07, 6.45) is 0.733. The van der Waals surface area contributed by atoms with Gasteiger partial charge in [0.2, 0.25) is 0 Å². The molecule has 1 aliphatic heterocycles. The van der Waals surface area contributed by atoms with Crippen molar-refractivity contribution in [2.45, 2.75) is 29.8 Å². The van der Waals surface area contributed by atoms with Gasteiger partial charge in [0.1, 0.15) is 0 Å². The minimum absolute atomic E-state index is 0.0527. The molecule has 2 N–H and O–H groups in total. The molecule has 0 bridgehead atoms. The highest BCUT2D eigenvalue weighted by molar-refractivity contribution is 7.92. The first-order chi connectivity index (χ1) is 9.68. The first kappa shape index (κ1) is 16.1. The summed E-state index contributed by atoms with van der Waals surface area (Å²) in [4.78, 5) is 0.998. The Kier molecular flexibility index (Phi) is 4.21. The highest BCUT2D eigenvalue weighted by Gasteiger charge is 2.48. The maximum absolute atomic E-state index is 12.8. The Balaban J connectivity index is 2.48. The van der Waals surface area contributed by atoms with Gasteiger partial charge < -0.3 is 10.6 Å². The van der Waals surface area contributed by atoms with Crippen molar-refractivity contribution in [2.75, 3.05) is 18.0 Å². The summed E-state index contributed by atoms with van der Waals surface area (Å²) in [5.74, 6) is 0.154. The monoisotopic (exact) mass is 322 g/mol. The van der Waals surface area contributed by atoms with Gasteiger partial charge in [-0.1, -0.05) is 12.1 Å². The van der Waals surface area contributed by atoms with Crippen LogP contribution in [0.5, 0.6) is 0 Å². The van der Waals surface area contributed by atoms with Crippen molar-refractivity contribution in [1.29, 1.82) is 0 Å². The van der Waals surface area contributed by atoms with Gasteiger partial charge >= 0.3 is 5.51 Å². The van der Waals surface area contributed by atoms with Crippen LogP contribution in [0.3, 0.4) is 0 Å². The van der Waals surface area contributed by atoms with Crippen molar-refractivity contribution >= 4 is 15.5 Å². The number of nitrogens with zero attached hydrogens (tertiary/aromatic N) is 1. The summed E-state index contributed by atoms with van der Waals surface area (Å²) in [7, 11) is -5.37. The predicted octanol–water partition coefficient (Wildman–Crippen LogP) is 2.15. The van der Waals surface area contributed by atoms with E-state index in [0.717, 1.165) is 12.5 Å². The highest BCUT2D eigenvalue weighted by atomic mass is 32.2. The Labute approximate surface area is 121 Å². The maximum atomic E-state index is 12.8. The number of sulfone groups is 1. The van der Waals surface area contributed by atoms with Gasteiger partial charge in [0.25, 0.3) is 9.84 Å². The molecule has 0 saturated carbocycles. The fourth-order valence-electron chi connectivity index (χ4n) is 2.70. The molecule has 2 rings (SSSR count). The van der Waals surface area contributed by atoms with E-state index in [1.54, 1.807) is 4.90 Å². The summed E-state index contributed by atoms with van der Waals surface area (Å²) >= 11 is 0. The van der Waals surface area contributed by atoms with Crippen LogP contribution in [0, 0.1) is 5.92 Å². The molecule has 1 aliphatic rings. The molecule has 0 radical (unpaired) electrons. The van der Waals surface area contributed by atoms with Crippen LogP contribution in [-0.4, -0.2) is 33.1 Å². The van der Waals surface area contributed by atoms with Crippen molar-refractivity contribution in [3.63, 3.8) is 0 Å². The zero-order valence-corrected chi connectivity index (χ0v) is 12.3. The first-order valence-electron chi connectivity index (χ1n) is 6.55. The number of alkyl halides is 3. The van der Waals surface area contributed by atoms with Gasteiger partial charge in [-0.2, -0.15) is 13.2 Å². The molecule has 0 amide bonds. The fourth-order valence-corrected chi connectivity index (χ4v) is 3.66. The Morgan fingerprint density at radius 3 is 2.48 bits per heavy atom. The van der Waals surface area contributed by atoms with Crippen LogP contribution in [0.15, 0.2) is 29.2 Å². The Morgan fingerprint density at radius 1 is 1.33 bits per heavy atom. The van der Waals surface area contributed by atoms with Crippen LogP contribution in [0.1, 0.15) is 13.3 Å². The number of hydrogen-bond donors (Lipinski definition) is 1. The third kappa shape index (κ3) is 2.87. The molecule has 1 aromatic carbocycles. The molecule has 4 nitrogen and oxygen atoms in total. The van der Waals surface area contributed by atoms with Crippen molar-refractivity contribution in [3.05, 3.63) is 24.3 Å². The highest BCUT2D eigenvalue weighted by Crippen LogP contribution is 2.38. The molecule has 2 unspecified atom stereocenters. The van der Waals surface area contributed by atoms with E-state index in [0.29, 0.717) is 13.1 Å². The Hall–Kier alpha value is -1.28. The van der Waals surface area contributed by atoms with Crippen LogP contribution in [0.2, 0.25) is 0 Å². The van der Waals surface area contributed by atoms with E-state index in [1.807, 2.05) is 6.92 Å². The Morgan fingerprint density at radius 2 is 1.95 bits per heavy atom. The van der Waals surface area contributed by atoms with Gasteiger partial charge in [-0.05, 0) is 37.9 Å². The molecular weight excluding hydrogens is 305 g/mol. The van der Waals surface area contributed by atoms with Gasteiger partial charge in [0.15, 0.2) is 0 Å². The normalized spacial score (nSPS) is 23.6. The second kappa shape index (κ2) is 5.49. The maximum Gasteiger partial charge on any atom is 0.501 e. The molecule has 1 fully saturated rings. The van der Waals surface area contributed by atoms with Crippen molar-refractivity contribution in [1.82, 2.24) is 0 Å². The first-order valence-corrected chi connectivity index (χ1v) is 8.04. The second-order valence-corrected chi connectivity index (χ2v) is 7.17. The number of rotatable bonds is 3. The second-order valence-electron chi connectivity index (χ2n) is 5.26. The number of para-hydroxylation sites is 1. The lowest BCUT2D eigenvalue weighted by atomic mass is 10.1. The van der Waals surface area contributed by atoms with E-state index in [9.17, 15) is 21.6 Å². The molecular formula is C13H17F3N2O2S. The zero-order valence-electron chi connectivity index (χ0n) is 11.5. The van der Waals surface area contributed by atoms with Gasteiger partial charge in [0, 0.05) is 12.6 Å². The van der Waals surface area contributed by atoms with E-state index < -0.39 is 20.2 Å². The van der Waals surface area contributed by atoms with Crippen LogP contribution in [0.4, 0.5) is 18.9 Å². The standard InChI is InChI=1S/C13H17F3N2O2S/c1-9-6-10(7-17)8-18(9)11-4-2-3-5-12(11)21(19,20)13(14,15)16/h2-5,9-10H,6-8,17H2,1H3. The largest absolute Gasteiger partial charge is 0.501 e. The minimum atomic E-state index is -5.37. The van der Waals surface area contributed by atoms with E-state index >= 15 is 0 Å². The van der Waals surface area contributed by atoms with Gasteiger partial charge in [0.05, 0.1) is 10.6 Å². The van der Waals surface area contributed by atoms with E-state index in [2.05, 4.69) is 0 Å². The van der Waals surface area contributed by atoms with Crippen molar-refractivity contribution in [2.24, 2.45) is 11.7 Å². The molecule has 1 aromatic rings. The lowest BCUT2D eigenvalue weighted by molar-refractivity contribution is -0.0435. The van der Waals surface area contributed by atoms with Crippen LogP contribution >= 0.6 is 0 Å². The van der Waals surface area contributed by atoms with Gasteiger partial charge in [-0.25, -0.2) is 8.42 Å². The topological polar surface area (TPSA) is 63.4 Å². The predicted molar refractivity (Wildman–Crippen MR) is 73.7 cm³/mol. The summed E-state index contributed by atoms with van der Waals surface area (Å²) < 4.78 is 61.8. The molecule has 2 atom stereocenters. The smallest absolute Gasteiger partial charge is 0.367 e. The van der Waals surface area contributed by atoms with Crippen molar-refractivity contribution in [3.8, 4) is 0 Å². The van der Waals surface area contributed by atoms with Crippen LogP contribution in [0.25, 0.3) is 0 Å². The molecule has 8 heteroatoms. The molecule has 0 aliphatic carbocycles. The minimum Gasteiger partial charge on any atom is -0.367 e. The molecule has 1 saturated heterocycles. The molecule has 118 valence electrons. The van der Waals surface area contributed by atoms with Crippen molar-refractivity contribution < 1.29 is 21.6 Å². The number of benzene rings is 1. The summed E-state index contributed by atoms with van der Waals surface area (Å²) in [5, 5.41) is 0. The number of nitrogens with two attached hydrogens (primary N) is 1. The average Bonchev–Trinajstić information content (AvgIpc) is 2.78. The number of hydrogen-bond acceptors (Lipinski definition) is 4. The molecule has 21 heavy (non-hydrogen) atoms. The third-order valence-electron chi connectivity index (χ3n) is 3.76. The lowest BCUT2D eigenvalue weighted by Crippen LogP contribution is -2.31. The van der Waals surface area contributed by atoms with E-state index in [4.69, 9.17) is 5.73 Å². The summed E-state index contributed by atoms with van der Waals surface area (Å²) in [6.45, 7) is 2.74. The number of anilines is 1. The van der Waals surface area contributed by atoms with Crippen LogP contribution < -0.4 is 10.6 Å². The molecule has 0 spiro atoms. The summed E-state index contributed by atoms with van der Waals surface area (Å²) in [6, 6.07) is 5.19. The van der Waals surface area contributed by atoms with Gasteiger partial charge in [-0.15, -0.1) is 0 Å². The van der Waals surface area contributed by atoms with E-state index in [-0.39, 0.29) is 17.6 Å². The van der Waals surface area contributed by atoms with Gasteiger partial charge in [-0.3, -0.25) is 0 Å². The molecule has 0 aromatic heterocycles. The molecule has 1 heterocycles. The SMILES string of the molecule is CC1CC(CN)CN1c1ccccc1S(=O)(=O)C(F)(F)F. The Bertz CT molecular complexity index is 616. The van der Waals surface area contributed by atoms with E-state index in [1.165, 1.54) is 18.2 Å². The zero-order chi connectivity index (χ0) is 15.8. The number of halogens is 3. The summed E-state index contributed by atoms with van der Waals surface area (Å²) in [5.41, 5.74) is 0.394. The third-order valence-corrected chi connectivity index (χ3v) is 5.30.